The number of nitrogens with one attached hydrogen (secondary N) is 1. The molecule has 9 heteroatoms. The second-order valence-electron chi connectivity index (χ2n) is 11.1. The van der Waals surface area contributed by atoms with Crippen molar-refractivity contribution in [2.75, 3.05) is 31.1 Å². The summed E-state index contributed by atoms with van der Waals surface area (Å²) in [6, 6.07) is 11.8. The number of hydrogen-bond acceptors (Lipinski definition) is 6. The van der Waals surface area contributed by atoms with Crippen molar-refractivity contribution >= 4 is 28.2 Å². The Kier molecular flexibility index (Phi) is 6.58. The van der Waals surface area contributed by atoms with Crippen molar-refractivity contribution in [1.29, 1.82) is 0 Å². The van der Waals surface area contributed by atoms with Gasteiger partial charge in [0.2, 0.25) is 0 Å². The molecular formula is C28H34ClN7O. The summed E-state index contributed by atoms with van der Waals surface area (Å²) < 4.78 is 1.84. The van der Waals surface area contributed by atoms with Gasteiger partial charge in [-0.2, -0.15) is 0 Å². The van der Waals surface area contributed by atoms with Gasteiger partial charge in [0.05, 0.1) is 5.54 Å². The van der Waals surface area contributed by atoms with Gasteiger partial charge in [0.25, 0.3) is 5.56 Å². The number of rotatable bonds is 4. The molecule has 2 aromatic carbocycles. The summed E-state index contributed by atoms with van der Waals surface area (Å²) >= 11 is 6.31. The molecule has 5 rings (SSSR count). The van der Waals surface area contributed by atoms with Gasteiger partial charge >= 0.3 is 0 Å². The van der Waals surface area contributed by atoms with Gasteiger partial charge in [-0.15, -0.1) is 5.10 Å². The van der Waals surface area contributed by atoms with E-state index in [9.17, 15) is 4.79 Å². The number of halogens is 1. The third-order valence-corrected chi connectivity index (χ3v) is 7.58. The normalized spacial score (nSPS) is 15.9. The number of H-pyrrole nitrogens is 1. The predicted molar refractivity (Wildman–Crippen MR) is 149 cm³/mol. The van der Waals surface area contributed by atoms with Crippen LogP contribution in [0, 0.1) is 20.8 Å². The molecule has 194 valence electrons. The van der Waals surface area contributed by atoms with Crippen LogP contribution in [-0.2, 0) is 5.54 Å². The van der Waals surface area contributed by atoms with Gasteiger partial charge in [-0.25, -0.2) is 4.68 Å². The highest BCUT2D eigenvalue weighted by Crippen LogP contribution is 2.32. The summed E-state index contributed by atoms with van der Waals surface area (Å²) in [7, 11) is 0. The van der Waals surface area contributed by atoms with Gasteiger partial charge in [0.15, 0.2) is 5.82 Å². The molecule has 1 fully saturated rings. The van der Waals surface area contributed by atoms with Gasteiger partial charge in [-0.05, 0) is 104 Å². The van der Waals surface area contributed by atoms with Crippen molar-refractivity contribution in [3.63, 3.8) is 0 Å². The van der Waals surface area contributed by atoms with Crippen LogP contribution in [0.25, 0.3) is 10.9 Å². The molecule has 8 nitrogen and oxygen atoms in total. The molecule has 1 aliphatic heterocycles. The van der Waals surface area contributed by atoms with Crippen LogP contribution in [0.5, 0.6) is 0 Å². The zero-order valence-corrected chi connectivity index (χ0v) is 23.1. The minimum atomic E-state index is -0.383. The minimum Gasteiger partial charge on any atom is -0.369 e. The molecule has 1 saturated heterocycles. The molecular weight excluding hydrogens is 486 g/mol. The number of benzene rings is 2. The van der Waals surface area contributed by atoms with Crippen molar-refractivity contribution in [1.82, 2.24) is 30.1 Å². The fourth-order valence-corrected chi connectivity index (χ4v) is 5.35. The zero-order chi connectivity index (χ0) is 26.5. The highest BCUT2D eigenvalue weighted by Gasteiger charge is 2.35. The number of fused-ring (bicyclic) bond motifs is 1. The number of nitrogens with zero attached hydrogens (tertiary/aromatic N) is 6. The summed E-state index contributed by atoms with van der Waals surface area (Å²) in [5, 5.41) is 14.6. The van der Waals surface area contributed by atoms with Gasteiger partial charge in [0, 0.05) is 48.0 Å². The lowest BCUT2D eigenvalue weighted by atomic mass is 9.99. The summed E-state index contributed by atoms with van der Waals surface area (Å²) in [4.78, 5) is 21.4. The number of aryl methyl sites for hydroxylation is 3. The first kappa shape index (κ1) is 25.4. The Bertz CT molecular complexity index is 1510. The van der Waals surface area contributed by atoms with Crippen molar-refractivity contribution in [2.45, 2.75) is 53.1 Å². The highest BCUT2D eigenvalue weighted by atomic mass is 35.5. The van der Waals surface area contributed by atoms with E-state index in [1.165, 1.54) is 11.1 Å². The van der Waals surface area contributed by atoms with Gasteiger partial charge in [-0.3, -0.25) is 9.69 Å². The maximum absolute atomic E-state index is 13.6. The Morgan fingerprint density at radius 1 is 0.946 bits per heavy atom. The van der Waals surface area contributed by atoms with Crippen molar-refractivity contribution < 1.29 is 0 Å². The maximum atomic E-state index is 13.6. The van der Waals surface area contributed by atoms with Crippen LogP contribution in [0.15, 0.2) is 41.2 Å². The Morgan fingerprint density at radius 2 is 1.65 bits per heavy atom. The summed E-state index contributed by atoms with van der Waals surface area (Å²) in [5.41, 5.74) is 5.73. The monoisotopic (exact) mass is 519 g/mol. The van der Waals surface area contributed by atoms with E-state index in [-0.39, 0.29) is 17.1 Å². The van der Waals surface area contributed by atoms with E-state index in [0.29, 0.717) is 11.4 Å². The molecule has 0 saturated carbocycles. The van der Waals surface area contributed by atoms with Crippen LogP contribution in [-0.4, -0.2) is 56.3 Å². The van der Waals surface area contributed by atoms with Crippen molar-refractivity contribution in [3.8, 4) is 0 Å². The molecule has 0 spiro atoms. The molecule has 0 aliphatic carbocycles. The lowest BCUT2D eigenvalue weighted by Gasteiger charge is -2.40. The topological polar surface area (TPSA) is 82.9 Å². The quantitative estimate of drug-likeness (QED) is 0.418. The molecule has 0 amide bonds. The Morgan fingerprint density at radius 3 is 2.35 bits per heavy atom. The number of pyridine rings is 1. The number of tetrazole rings is 1. The van der Waals surface area contributed by atoms with E-state index in [1.54, 1.807) is 0 Å². The molecule has 4 aromatic rings. The van der Waals surface area contributed by atoms with E-state index in [4.69, 9.17) is 11.6 Å². The summed E-state index contributed by atoms with van der Waals surface area (Å²) in [6.07, 6.45) is 0. The third kappa shape index (κ3) is 4.88. The second kappa shape index (κ2) is 9.58. The second-order valence-corrected chi connectivity index (χ2v) is 11.5. The molecule has 0 bridgehead atoms. The highest BCUT2D eigenvalue weighted by molar-refractivity contribution is 6.30. The Balaban J connectivity index is 1.57. The molecule has 1 N–H and O–H groups in total. The average Bonchev–Trinajstić information content (AvgIpc) is 3.33. The van der Waals surface area contributed by atoms with Crippen molar-refractivity contribution in [3.05, 3.63) is 79.9 Å². The predicted octanol–water partition coefficient (Wildman–Crippen LogP) is 4.76. The van der Waals surface area contributed by atoms with Gasteiger partial charge in [0.1, 0.15) is 6.04 Å². The summed E-state index contributed by atoms with van der Waals surface area (Å²) in [5.74, 6) is 0.675. The van der Waals surface area contributed by atoms with Gasteiger partial charge < -0.3 is 9.88 Å². The fourth-order valence-electron chi connectivity index (χ4n) is 5.18. The van der Waals surface area contributed by atoms with Crippen LogP contribution in [0.4, 0.5) is 5.69 Å². The number of aromatic amines is 1. The third-order valence-electron chi connectivity index (χ3n) is 7.35. The van der Waals surface area contributed by atoms with Crippen LogP contribution in [0.2, 0.25) is 5.02 Å². The molecule has 2 aromatic heterocycles. The van der Waals surface area contributed by atoms with Crippen LogP contribution in [0.1, 0.15) is 54.9 Å². The van der Waals surface area contributed by atoms with E-state index >= 15 is 0 Å². The average molecular weight is 520 g/mol. The molecule has 0 radical (unpaired) electrons. The number of hydrogen-bond donors (Lipinski definition) is 1. The van der Waals surface area contributed by atoms with E-state index in [2.05, 4.69) is 84.0 Å². The van der Waals surface area contributed by atoms with Crippen LogP contribution < -0.4 is 10.5 Å². The molecule has 1 atom stereocenters. The molecule has 0 unspecified atom stereocenters. The lowest BCUT2D eigenvalue weighted by molar-refractivity contribution is 0.190. The largest absolute Gasteiger partial charge is 0.369 e. The number of anilines is 1. The van der Waals surface area contributed by atoms with Crippen molar-refractivity contribution in [2.24, 2.45) is 0 Å². The lowest BCUT2D eigenvalue weighted by Crippen LogP contribution is -2.49. The summed E-state index contributed by atoms with van der Waals surface area (Å²) in [6.45, 7) is 15.6. The molecule has 1 aliphatic rings. The van der Waals surface area contributed by atoms with E-state index < -0.39 is 0 Å². The maximum Gasteiger partial charge on any atom is 0.253 e. The fraction of sp³-hybridized carbons (Fsp3) is 0.429. The van der Waals surface area contributed by atoms with Crippen LogP contribution in [0.3, 0.4) is 0 Å². The van der Waals surface area contributed by atoms with Crippen LogP contribution >= 0.6 is 11.6 Å². The Hall–Kier alpha value is -3.23. The van der Waals surface area contributed by atoms with E-state index in [1.807, 2.05) is 28.9 Å². The molecule has 3 heterocycles. The first-order valence-electron chi connectivity index (χ1n) is 12.7. The first-order valence-corrected chi connectivity index (χ1v) is 13.1. The zero-order valence-electron chi connectivity index (χ0n) is 22.3. The first-order chi connectivity index (χ1) is 17.5. The van der Waals surface area contributed by atoms with Gasteiger partial charge in [-0.1, -0.05) is 17.7 Å². The minimum absolute atomic E-state index is 0.114. The number of piperazine rings is 1. The van der Waals surface area contributed by atoms with E-state index in [0.717, 1.165) is 53.4 Å². The Labute approximate surface area is 222 Å². The smallest absolute Gasteiger partial charge is 0.253 e. The standard InChI is InChI=1S/C28H34ClN7O/c1-17-7-8-21(29)16-24(17)34-9-11-35(12-10-34)25(26-31-32-33-36(26)28(4,5)6)22-15-20-13-18(2)19(3)14-23(20)30-27(22)37/h7-8,13-16,25H,9-12H2,1-6H3,(H,30,37)/t25-/m1/s1. The molecule has 37 heavy (non-hydrogen) atoms. The SMILES string of the molecule is Cc1cc2cc([C@H](c3nnnn3C(C)(C)C)N3CCN(c4cc(Cl)ccc4C)CC3)c(=O)[nH]c2cc1C. The number of aromatic nitrogens is 5.